The summed E-state index contributed by atoms with van der Waals surface area (Å²) in [5.41, 5.74) is 1.84. The Bertz CT molecular complexity index is 390. The molecule has 0 spiro atoms. The number of rotatable bonds is 7. The SMILES string of the molecule is CCCC(CCC)C(=O)c1cc(C)ccc1OC. The van der Waals surface area contributed by atoms with E-state index in [1.54, 1.807) is 7.11 Å². The van der Waals surface area contributed by atoms with Gasteiger partial charge < -0.3 is 4.74 Å². The van der Waals surface area contributed by atoms with Crippen LogP contribution in [0.2, 0.25) is 0 Å². The molecule has 1 aromatic carbocycles. The van der Waals surface area contributed by atoms with Crippen LogP contribution in [0, 0.1) is 12.8 Å². The van der Waals surface area contributed by atoms with E-state index in [1.807, 2.05) is 25.1 Å². The molecule has 0 aliphatic carbocycles. The van der Waals surface area contributed by atoms with Crippen LogP contribution in [0.1, 0.15) is 55.5 Å². The van der Waals surface area contributed by atoms with Gasteiger partial charge in [0.15, 0.2) is 5.78 Å². The van der Waals surface area contributed by atoms with E-state index in [0.717, 1.165) is 36.8 Å². The molecule has 0 unspecified atom stereocenters. The highest BCUT2D eigenvalue weighted by Crippen LogP contribution is 2.26. The lowest BCUT2D eigenvalue weighted by Crippen LogP contribution is -2.15. The van der Waals surface area contributed by atoms with Gasteiger partial charge in [-0.3, -0.25) is 4.79 Å². The minimum atomic E-state index is 0.135. The van der Waals surface area contributed by atoms with Crippen molar-refractivity contribution in [2.75, 3.05) is 7.11 Å². The molecule has 100 valence electrons. The molecule has 0 atom stereocenters. The standard InChI is InChI=1S/C16H24O2/c1-5-7-13(8-6-2)16(17)14-11-12(3)9-10-15(14)18-4/h9-11,13H,5-8H2,1-4H3. The van der Waals surface area contributed by atoms with Crippen molar-refractivity contribution in [2.45, 2.75) is 46.5 Å². The first-order chi connectivity index (χ1) is 8.63. The molecule has 18 heavy (non-hydrogen) atoms. The molecule has 0 fully saturated rings. The fourth-order valence-electron chi connectivity index (χ4n) is 2.34. The molecule has 0 aromatic heterocycles. The van der Waals surface area contributed by atoms with Crippen LogP contribution in [-0.4, -0.2) is 12.9 Å². The first-order valence-electron chi connectivity index (χ1n) is 6.82. The molecule has 1 aromatic rings. The van der Waals surface area contributed by atoms with Crippen molar-refractivity contribution >= 4 is 5.78 Å². The lowest BCUT2D eigenvalue weighted by atomic mass is 9.89. The molecule has 0 heterocycles. The number of ketones is 1. The van der Waals surface area contributed by atoms with Gasteiger partial charge in [-0.05, 0) is 31.9 Å². The van der Waals surface area contributed by atoms with Crippen molar-refractivity contribution in [3.05, 3.63) is 29.3 Å². The van der Waals surface area contributed by atoms with Gasteiger partial charge in [-0.15, -0.1) is 0 Å². The van der Waals surface area contributed by atoms with E-state index in [4.69, 9.17) is 4.74 Å². The molecule has 2 heteroatoms. The highest BCUT2D eigenvalue weighted by Gasteiger charge is 2.21. The molecule has 0 aliphatic heterocycles. The van der Waals surface area contributed by atoms with E-state index in [2.05, 4.69) is 13.8 Å². The predicted molar refractivity (Wildman–Crippen MR) is 75.4 cm³/mol. The van der Waals surface area contributed by atoms with Crippen LogP contribution in [0.4, 0.5) is 0 Å². The van der Waals surface area contributed by atoms with Crippen LogP contribution in [0.25, 0.3) is 0 Å². The van der Waals surface area contributed by atoms with Gasteiger partial charge in [0.05, 0.1) is 12.7 Å². The summed E-state index contributed by atoms with van der Waals surface area (Å²) in [6.45, 7) is 6.26. The topological polar surface area (TPSA) is 26.3 Å². The molecule has 0 amide bonds. The van der Waals surface area contributed by atoms with E-state index in [0.29, 0.717) is 5.75 Å². The Kier molecular flexibility index (Phi) is 5.90. The summed E-state index contributed by atoms with van der Waals surface area (Å²) in [4.78, 5) is 12.6. The van der Waals surface area contributed by atoms with Gasteiger partial charge in [-0.25, -0.2) is 0 Å². The largest absolute Gasteiger partial charge is 0.496 e. The van der Waals surface area contributed by atoms with Gasteiger partial charge in [0.25, 0.3) is 0 Å². The van der Waals surface area contributed by atoms with Gasteiger partial charge >= 0.3 is 0 Å². The Morgan fingerprint density at radius 1 is 1.22 bits per heavy atom. The maximum Gasteiger partial charge on any atom is 0.169 e. The third-order valence-electron chi connectivity index (χ3n) is 3.27. The van der Waals surface area contributed by atoms with Crippen LogP contribution < -0.4 is 4.74 Å². The monoisotopic (exact) mass is 248 g/mol. The molecule has 0 bridgehead atoms. The lowest BCUT2D eigenvalue weighted by Gasteiger charge is -2.16. The Morgan fingerprint density at radius 2 is 1.83 bits per heavy atom. The normalized spacial score (nSPS) is 10.7. The first-order valence-corrected chi connectivity index (χ1v) is 6.82. The van der Waals surface area contributed by atoms with Crippen LogP contribution in [0.15, 0.2) is 18.2 Å². The fourth-order valence-corrected chi connectivity index (χ4v) is 2.34. The Hall–Kier alpha value is -1.31. The zero-order chi connectivity index (χ0) is 13.5. The van der Waals surface area contributed by atoms with Crippen molar-refractivity contribution in [2.24, 2.45) is 5.92 Å². The number of hydrogen-bond donors (Lipinski definition) is 0. The number of ether oxygens (including phenoxy) is 1. The van der Waals surface area contributed by atoms with Gasteiger partial charge in [0.2, 0.25) is 0 Å². The summed E-state index contributed by atoms with van der Waals surface area (Å²) in [5, 5.41) is 0. The second kappa shape index (κ2) is 7.20. The Labute approximate surface area is 110 Å². The van der Waals surface area contributed by atoms with Crippen molar-refractivity contribution in [3.8, 4) is 5.75 Å². The van der Waals surface area contributed by atoms with E-state index in [9.17, 15) is 4.79 Å². The maximum absolute atomic E-state index is 12.6. The average Bonchev–Trinajstić information content (AvgIpc) is 2.37. The number of aryl methyl sites for hydroxylation is 1. The number of carbonyl (C=O) groups excluding carboxylic acids is 1. The number of benzene rings is 1. The zero-order valence-electron chi connectivity index (χ0n) is 12.0. The number of hydrogen-bond acceptors (Lipinski definition) is 2. The van der Waals surface area contributed by atoms with Gasteiger partial charge in [-0.1, -0.05) is 38.3 Å². The van der Waals surface area contributed by atoms with Crippen LogP contribution in [-0.2, 0) is 0 Å². The van der Waals surface area contributed by atoms with Gasteiger partial charge in [0, 0.05) is 5.92 Å². The Balaban J connectivity index is 3.02. The van der Waals surface area contributed by atoms with Crippen LogP contribution in [0.5, 0.6) is 5.75 Å². The van der Waals surface area contributed by atoms with Crippen molar-refractivity contribution < 1.29 is 9.53 Å². The first kappa shape index (κ1) is 14.7. The smallest absolute Gasteiger partial charge is 0.169 e. The highest BCUT2D eigenvalue weighted by atomic mass is 16.5. The lowest BCUT2D eigenvalue weighted by molar-refractivity contribution is 0.0901. The number of Topliss-reactive ketones (excluding diaryl/α,β-unsaturated/α-hetero) is 1. The van der Waals surface area contributed by atoms with Crippen molar-refractivity contribution in [1.82, 2.24) is 0 Å². The van der Waals surface area contributed by atoms with Crippen LogP contribution in [0.3, 0.4) is 0 Å². The zero-order valence-corrected chi connectivity index (χ0v) is 12.0. The fraction of sp³-hybridized carbons (Fsp3) is 0.562. The van der Waals surface area contributed by atoms with Crippen molar-refractivity contribution in [1.29, 1.82) is 0 Å². The summed E-state index contributed by atoms with van der Waals surface area (Å²) in [7, 11) is 1.62. The second-order valence-corrected chi connectivity index (χ2v) is 4.84. The van der Waals surface area contributed by atoms with E-state index in [-0.39, 0.29) is 11.7 Å². The molecule has 0 saturated heterocycles. The van der Waals surface area contributed by atoms with E-state index in [1.165, 1.54) is 0 Å². The number of carbonyl (C=O) groups is 1. The van der Waals surface area contributed by atoms with Gasteiger partial charge in [-0.2, -0.15) is 0 Å². The van der Waals surface area contributed by atoms with Gasteiger partial charge in [0.1, 0.15) is 5.75 Å². The highest BCUT2D eigenvalue weighted by molar-refractivity contribution is 6.00. The molecule has 0 saturated carbocycles. The third-order valence-corrected chi connectivity index (χ3v) is 3.27. The van der Waals surface area contributed by atoms with Crippen molar-refractivity contribution in [3.63, 3.8) is 0 Å². The van der Waals surface area contributed by atoms with E-state index < -0.39 is 0 Å². The minimum Gasteiger partial charge on any atom is -0.496 e. The van der Waals surface area contributed by atoms with E-state index >= 15 is 0 Å². The van der Waals surface area contributed by atoms with Crippen LogP contribution >= 0.6 is 0 Å². The summed E-state index contributed by atoms with van der Waals surface area (Å²) in [6.07, 6.45) is 4.02. The molecule has 0 radical (unpaired) electrons. The quantitative estimate of drug-likeness (QED) is 0.668. The third kappa shape index (κ3) is 3.59. The Morgan fingerprint density at radius 3 is 2.33 bits per heavy atom. The summed E-state index contributed by atoms with van der Waals surface area (Å²) in [5.74, 6) is 1.07. The molecular weight excluding hydrogens is 224 g/mol. The number of methoxy groups -OCH3 is 1. The predicted octanol–water partition coefficient (Wildman–Crippen LogP) is 4.40. The summed E-state index contributed by atoms with van der Waals surface area (Å²) in [6, 6.07) is 5.81. The molecule has 0 N–H and O–H groups in total. The maximum atomic E-state index is 12.6. The minimum absolute atomic E-state index is 0.135. The molecule has 0 aliphatic rings. The molecular formula is C16H24O2. The average molecular weight is 248 g/mol. The molecule has 2 nitrogen and oxygen atoms in total. The summed E-state index contributed by atoms with van der Waals surface area (Å²) >= 11 is 0. The second-order valence-electron chi connectivity index (χ2n) is 4.84. The summed E-state index contributed by atoms with van der Waals surface area (Å²) < 4.78 is 5.31. The molecule has 1 rings (SSSR count).